The van der Waals surface area contributed by atoms with Crippen LogP contribution < -0.4 is 10.6 Å². The number of amides is 2. The highest BCUT2D eigenvalue weighted by atomic mass is 32.1. The lowest BCUT2D eigenvalue weighted by molar-refractivity contribution is -0.121. The Kier molecular flexibility index (Phi) is 7.26. The van der Waals surface area contributed by atoms with Crippen molar-refractivity contribution in [3.05, 3.63) is 76.2 Å². The molecule has 28 heavy (non-hydrogen) atoms. The molecule has 0 unspecified atom stereocenters. The molecular formula is C21H22N4O2S. The lowest BCUT2D eigenvalue weighted by Gasteiger charge is -2.04. The van der Waals surface area contributed by atoms with Crippen molar-refractivity contribution in [2.24, 2.45) is 0 Å². The van der Waals surface area contributed by atoms with E-state index in [1.165, 1.54) is 16.9 Å². The first-order valence-corrected chi connectivity index (χ1v) is 10.0. The zero-order valence-electron chi connectivity index (χ0n) is 15.4. The van der Waals surface area contributed by atoms with Crippen molar-refractivity contribution in [2.75, 3.05) is 11.9 Å². The summed E-state index contributed by atoms with van der Waals surface area (Å²) in [6, 6.07) is 19.3. The second kappa shape index (κ2) is 10.3. The van der Waals surface area contributed by atoms with Gasteiger partial charge in [0.25, 0.3) is 5.91 Å². The molecule has 3 rings (SSSR count). The fourth-order valence-corrected chi connectivity index (χ4v) is 3.41. The molecule has 0 atom stereocenters. The second-order valence-corrected chi connectivity index (χ2v) is 7.32. The van der Waals surface area contributed by atoms with Crippen LogP contribution in [-0.4, -0.2) is 28.6 Å². The minimum Gasteiger partial charge on any atom is -0.356 e. The first-order valence-electron chi connectivity index (χ1n) is 9.20. The zero-order chi connectivity index (χ0) is 19.6. The molecule has 0 aliphatic carbocycles. The number of nitrogens with zero attached hydrogens (tertiary/aromatic N) is 2. The fourth-order valence-electron chi connectivity index (χ4n) is 2.63. The van der Waals surface area contributed by atoms with E-state index in [9.17, 15) is 9.59 Å². The Balaban J connectivity index is 1.36. The van der Waals surface area contributed by atoms with E-state index in [4.69, 9.17) is 0 Å². The maximum atomic E-state index is 12.2. The average molecular weight is 395 g/mol. The molecule has 0 saturated carbocycles. The molecule has 0 aliphatic heterocycles. The van der Waals surface area contributed by atoms with Gasteiger partial charge >= 0.3 is 0 Å². The highest BCUT2D eigenvalue weighted by Crippen LogP contribution is 2.15. The van der Waals surface area contributed by atoms with E-state index in [1.807, 2.05) is 60.7 Å². The monoisotopic (exact) mass is 394 g/mol. The van der Waals surface area contributed by atoms with Crippen molar-refractivity contribution in [1.82, 2.24) is 15.5 Å². The van der Waals surface area contributed by atoms with Gasteiger partial charge in [-0.3, -0.25) is 9.59 Å². The van der Waals surface area contributed by atoms with Crippen molar-refractivity contribution >= 4 is 28.8 Å². The molecule has 2 aromatic carbocycles. The maximum Gasteiger partial charge on any atom is 0.286 e. The Morgan fingerprint density at radius 2 is 1.61 bits per heavy atom. The molecule has 0 fully saturated rings. The Labute approximate surface area is 168 Å². The normalized spacial score (nSPS) is 10.4. The van der Waals surface area contributed by atoms with E-state index in [2.05, 4.69) is 20.8 Å². The third-order valence-electron chi connectivity index (χ3n) is 4.07. The van der Waals surface area contributed by atoms with E-state index >= 15 is 0 Å². The molecular weight excluding hydrogens is 372 g/mol. The van der Waals surface area contributed by atoms with Gasteiger partial charge in [0.2, 0.25) is 10.9 Å². The molecule has 1 heterocycles. The zero-order valence-corrected chi connectivity index (χ0v) is 16.2. The summed E-state index contributed by atoms with van der Waals surface area (Å²) >= 11 is 1.26. The maximum absolute atomic E-state index is 12.2. The standard InChI is InChI=1S/C21H22N4O2S/c26-18(22-15-14-16-8-3-1-4-9-16)12-7-13-19-24-25-21(28-19)20(27)23-17-10-5-2-6-11-17/h1-6,8-11H,7,12-15H2,(H,22,26)(H,23,27). The van der Waals surface area contributed by atoms with Gasteiger partial charge in [-0.25, -0.2) is 0 Å². The summed E-state index contributed by atoms with van der Waals surface area (Å²) < 4.78 is 0. The summed E-state index contributed by atoms with van der Waals surface area (Å²) in [4.78, 5) is 24.1. The second-order valence-electron chi connectivity index (χ2n) is 6.26. The fraction of sp³-hybridized carbons (Fsp3) is 0.238. The summed E-state index contributed by atoms with van der Waals surface area (Å²) in [7, 11) is 0. The van der Waals surface area contributed by atoms with Crippen molar-refractivity contribution in [3.8, 4) is 0 Å². The molecule has 2 N–H and O–H groups in total. The summed E-state index contributed by atoms with van der Waals surface area (Å²) in [5.74, 6) is -0.240. The lowest BCUT2D eigenvalue weighted by Crippen LogP contribution is -2.25. The number of para-hydroxylation sites is 1. The van der Waals surface area contributed by atoms with Crippen molar-refractivity contribution in [3.63, 3.8) is 0 Å². The Morgan fingerprint density at radius 1 is 0.893 bits per heavy atom. The van der Waals surface area contributed by atoms with Crippen LogP contribution in [0.15, 0.2) is 60.7 Å². The summed E-state index contributed by atoms with van der Waals surface area (Å²) in [6.45, 7) is 0.630. The first kappa shape index (κ1) is 19.7. The third kappa shape index (κ3) is 6.28. The van der Waals surface area contributed by atoms with E-state index < -0.39 is 0 Å². The quantitative estimate of drug-likeness (QED) is 0.582. The van der Waals surface area contributed by atoms with Gasteiger partial charge < -0.3 is 10.6 Å². The minimum atomic E-state index is -0.270. The predicted octanol–water partition coefficient (Wildman–Crippen LogP) is 3.47. The number of benzene rings is 2. The average Bonchev–Trinajstić information content (AvgIpc) is 3.19. The number of rotatable bonds is 9. The minimum absolute atomic E-state index is 0.0301. The molecule has 144 valence electrons. The van der Waals surface area contributed by atoms with Crippen LogP contribution in [0, 0.1) is 0 Å². The van der Waals surface area contributed by atoms with Gasteiger partial charge in [0, 0.05) is 25.1 Å². The van der Waals surface area contributed by atoms with Crippen LogP contribution in [0.2, 0.25) is 0 Å². The number of nitrogens with one attached hydrogen (secondary N) is 2. The molecule has 0 bridgehead atoms. The predicted molar refractivity (Wildman–Crippen MR) is 110 cm³/mol. The largest absolute Gasteiger partial charge is 0.356 e. The van der Waals surface area contributed by atoms with E-state index in [0.29, 0.717) is 30.8 Å². The van der Waals surface area contributed by atoms with Crippen molar-refractivity contribution < 1.29 is 9.59 Å². The Hall–Kier alpha value is -3.06. The summed E-state index contributed by atoms with van der Waals surface area (Å²) in [6.07, 6.45) is 2.55. The first-order chi connectivity index (χ1) is 13.7. The molecule has 1 aromatic heterocycles. The van der Waals surface area contributed by atoms with Gasteiger partial charge in [-0.1, -0.05) is 59.9 Å². The molecule has 0 aliphatic rings. The van der Waals surface area contributed by atoms with E-state index in [1.54, 1.807) is 0 Å². The van der Waals surface area contributed by atoms with Crippen LogP contribution in [0.3, 0.4) is 0 Å². The molecule has 0 saturated heterocycles. The number of carbonyl (C=O) groups excluding carboxylic acids is 2. The lowest BCUT2D eigenvalue weighted by atomic mass is 10.1. The number of aromatic nitrogens is 2. The van der Waals surface area contributed by atoms with E-state index in [0.717, 1.165) is 17.1 Å². The SMILES string of the molecule is O=C(CCCc1nnc(C(=O)Nc2ccccc2)s1)NCCc1ccccc1. The van der Waals surface area contributed by atoms with Crippen molar-refractivity contribution in [2.45, 2.75) is 25.7 Å². The highest BCUT2D eigenvalue weighted by molar-refractivity contribution is 7.13. The van der Waals surface area contributed by atoms with Gasteiger partial charge in [-0.2, -0.15) is 0 Å². The van der Waals surface area contributed by atoms with Crippen LogP contribution >= 0.6 is 11.3 Å². The smallest absolute Gasteiger partial charge is 0.286 e. The molecule has 7 heteroatoms. The van der Waals surface area contributed by atoms with Crippen LogP contribution in [0.1, 0.15) is 33.2 Å². The topological polar surface area (TPSA) is 84.0 Å². The number of hydrogen-bond donors (Lipinski definition) is 2. The van der Waals surface area contributed by atoms with Gasteiger partial charge in [0.05, 0.1) is 0 Å². The Bertz CT molecular complexity index is 897. The molecule has 2 amide bonds. The summed E-state index contributed by atoms with van der Waals surface area (Å²) in [5.41, 5.74) is 1.93. The van der Waals surface area contributed by atoms with Gasteiger partial charge in [0.15, 0.2) is 0 Å². The number of carbonyl (C=O) groups is 2. The molecule has 6 nitrogen and oxygen atoms in total. The molecule has 0 radical (unpaired) electrons. The number of aryl methyl sites for hydroxylation is 1. The number of hydrogen-bond acceptors (Lipinski definition) is 5. The number of anilines is 1. The Morgan fingerprint density at radius 3 is 2.36 bits per heavy atom. The van der Waals surface area contributed by atoms with Crippen LogP contribution in [0.5, 0.6) is 0 Å². The van der Waals surface area contributed by atoms with Gasteiger partial charge in [0.1, 0.15) is 5.01 Å². The van der Waals surface area contributed by atoms with E-state index in [-0.39, 0.29) is 11.8 Å². The third-order valence-corrected chi connectivity index (χ3v) is 5.05. The van der Waals surface area contributed by atoms with Crippen molar-refractivity contribution in [1.29, 1.82) is 0 Å². The van der Waals surface area contributed by atoms with Crippen LogP contribution in [-0.2, 0) is 17.6 Å². The van der Waals surface area contributed by atoms with Crippen LogP contribution in [0.25, 0.3) is 0 Å². The molecule has 3 aromatic rings. The summed E-state index contributed by atoms with van der Waals surface area (Å²) in [5, 5.41) is 14.8. The highest BCUT2D eigenvalue weighted by Gasteiger charge is 2.13. The van der Waals surface area contributed by atoms with Gasteiger partial charge in [-0.05, 0) is 30.5 Å². The van der Waals surface area contributed by atoms with Crippen LogP contribution in [0.4, 0.5) is 5.69 Å². The molecule has 0 spiro atoms. The van der Waals surface area contributed by atoms with Gasteiger partial charge in [-0.15, -0.1) is 10.2 Å².